The first-order valence-electron chi connectivity index (χ1n) is 4.96. The smallest absolute Gasteiger partial charge is 0.326 e. The zero-order chi connectivity index (χ0) is 12.8. The number of carbonyl (C=O) groups excluding carboxylic acids is 1. The van der Waals surface area contributed by atoms with Crippen LogP contribution in [0.25, 0.3) is 0 Å². The summed E-state index contributed by atoms with van der Waals surface area (Å²) in [5.41, 5.74) is 0. The van der Waals surface area contributed by atoms with E-state index in [2.05, 4.69) is 5.32 Å². The summed E-state index contributed by atoms with van der Waals surface area (Å²) in [6, 6.07) is -1.13. The lowest BCUT2D eigenvalue weighted by atomic mass is 10.2. The second kappa shape index (κ2) is 6.47. The zero-order valence-electron chi connectivity index (χ0n) is 9.39. The van der Waals surface area contributed by atoms with Gasteiger partial charge in [-0.15, -0.1) is 0 Å². The molecule has 7 heteroatoms. The lowest BCUT2D eigenvalue weighted by molar-refractivity contribution is -0.141. The van der Waals surface area contributed by atoms with Gasteiger partial charge in [0.25, 0.3) is 0 Å². The van der Waals surface area contributed by atoms with E-state index in [1.165, 1.54) is 0 Å². The first-order chi connectivity index (χ1) is 7.26. The Morgan fingerprint density at radius 2 is 1.94 bits per heavy atom. The monoisotopic (exact) mass is 251 g/mol. The first-order valence-corrected chi connectivity index (χ1v) is 7.02. The van der Waals surface area contributed by atoms with Gasteiger partial charge in [-0.1, -0.05) is 6.92 Å². The van der Waals surface area contributed by atoms with E-state index in [0.29, 0.717) is 6.42 Å². The maximum atomic E-state index is 11.2. The predicted molar refractivity (Wildman–Crippen MR) is 58.8 cm³/mol. The predicted octanol–water partition coefficient (Wildman–Crippen LogP) is -0.209. The minimum Gasteiger partial charge on any atom is -0.480 e. The summed E-state index contributed by atoms with van der Waals surface area (Å²) >= 11 is 0. The van der Waals surface area contributed by atoms with Crippen molar-refractivity contribution in [3.05, 3.63) is 0 Å². The van der Waals surface area contributed by atoms with Gasteiger partial charge < -0.3 is 10.4 Å². The fourth-order valence-electron chi connectivity index (χ4n) is 1.08. The molecule has 6 nitrogen and oxygen atoms in total. The largest absolute Gasteiger partial charge is 0.480 e. The number of aliphatic carboxylic acids is 1. The number of amides is 1. The molecule has 0 aliphatic heterocycles. The van der Waals surface area contributed by atoms with Crippen LogP contribution < -0.4 is 5.32 Å². The van der Waals surface area contributed by atoms with E-state index in [4.69, 9.17) is 5.11 Å². The quantitative estimate of drug-likeness (QED) is 0.652. The van der Waals surface area contributed by atoms with Crippen LogP contribution in [0.1, 0.15) is 26.2 Å². The summed E-state index contributed by atoms with van der Waals surface area (Å²) in [7, 11) is -3.22. The van der Waals surface area contributed by atoms with Crippen molar-refractivity contribution in [2.24, 2.45) is 0 Å². The van der Waals surface area contributed by atoms with Crippen LogP contribution in [0.5, 0.6) is 0 Å². The highest BCUT2D eigenvalue weighted by atomic mass is 32.2. The number of rotatable bonds is 7. The molecule has 0 heterocycles. The van der Waals surface area contributed by atoms with Gasteiger partial charge in [-0.2, -0.15) is 0 Å². The van der Waals surface area contributed by atoms with Crippen LogP contribution in [-0.2, 0) is 19.4 Å². The second-order valence-corrected chi connectivity index (χ2v) is 5.89. The van der Waals surface area contributed by atoms with E-state index in [9.17, 15) is 18.0 Å². The number of carbonyl (C=O) groups is 2. The molecule has 0 saturated heterocycles. The van der Waals surface area contributed by atoms with Gasteiger partial charge in [0.2, 0.25) is 5.91 Å². The Morgan fingerprint density at radius 3 is 2.31 bits per heavy atom. The van der Waals surface area contributed by atoms with Crippen LogP contribution in [0.2, 0.25) is 0 Å². The lowest BCUT2D eigenvalue weighted by Crippen LogP contribution is -2.41. The minimum atomic E-state index is -3.22. The molecule has 1 atom stereocenters. The van der Waals surface area contributed by atoms with Crippen LogP contribution in [0.3, 0.4) is 0 Å². The van der Waals surface area contributed by atoms with Crippen molar-refractivity contribution < 1.29 is 23.1 Å². The second-order valence-electron chi connectivity index (χ2n) is 3.63. The number of sulfone groups is 1. The van der Waals surface area contributed by atoms with Crippen molar-refractivity contribution in [2.45, 2.75) is 32.2 Å². The standard InChI is InChI=1S/C9H17NO5S/c1-3-4-8(11)10-7(9(12)13)5-6-16(2,14)15/h7H,3-6H2,1-2H3,(H,10,11)(H,12,13). The Morgan fingerprint density at radius 1 is 1.38 bits per heavy atom. The van der Waals surface area contributed by atoms with Crippen LogP contribution in [0.4, 0.5) is 0 Å². The number of nitrogens with one attached hydrogen (secondary N) is 1. The lowest BCUT2D eigenvalue weighted by Gasteiger charge is -2.13. The molecule has 94 valence electrons. The van der Waals surface area contributed by atoms with E-state index in [0.717, 1.165) is 6.26 Å². The van der Waals surface area contributed by atoms with Crippen molar-refractivity contribution >= 4 is 21.7 Å². The van der Waals surface area contributed by atoms with Gasteiger partial charge in [-0.3, -0.25) is 4.79 Å². The van der Waals surface area contributed by atoms with E-state index >= 15 is 0 Å². The number of carboxylic acids is 1. The van der Waals surface area contributed by atoms with Gasteiger partial charge >= 0.3 is 5.97 Å². The summed E-state index contributed by atoms with van der Waals surface area (Å²) < 4.78 is 21.7. The molecule has 0 aliphatic carbocycles. The molecule has 0 aromatic carbocycles. The fraction of sp³-hybridized carbons (Fsp3) is 0.778. The third kappa shape index (κ3) is 7.22. The normalized spacial score (nSPS) is 13.1. The molecule has 0 bridgehead atoms. The molecule has 1 amide bonds. The molecule has 0 spiro atoms. The number of carboxylic acid groups (broad SMARTS) is 1. The maximum absolute atomic E-state index is 11.2. The number of hydrogen-bond acceptors (Lipinski definition) is 4. The van der Waals surface area contributed by atoms with Gasteiger partial charge in [0.15, 0.2) is 0 Å². The van der Waals surface area contributed by atoms with E-state index in [-0.39, 0.29) is 24.5 Å². The molecule has 0 fully saturated rings. The van der Waals surface area contributed by atoms with E-state index in [1.807, 2.05) is 0 Å². The molecule has 0 radical (unpaired) electrons. The van der Waals surface area contributed by atoms with E-state index < -0.39 is 21.8 Å². The average Bonchev–Trinajstić information content (AvgIpc) is 2.10. The molecule has 0 aliphatic rings. The minimum absolute atomic E-state index is 0.108. The molecule has 0 aromatic rings. The van der Waals surface area contributed by atoms with Gasteiger partial charge in [-0.25, -0.2) is 13.2 Å². The summed E-state index contributed by atoms with van der Waals surface area (Å²) in [6.07, 6.45) is 1.77. The summed E-state index contributed by atoms with van der Waals surface area (Å²) in [5, 5.41) is 11.1. The van der Waals surface area contributed by atoms with Crippen LogP contribution in [0.15, 0.2) is 0 Å². The Labute approximate surface area is 95.0 Å². The van der Waals surface area contributed by atoms with Crippen LogP contribution in [0, 0.1) is 0 Å². The molecule has 0 aromatic heterocycles. The van der Waals surface area contributed by atoms with Crippen molar-refractivity contribution in [1.29, 1.82) is 0 Å². The highest BCUT2D eigenvalue weighted by Crippen LogP contribution is 1.98. The third-order valence-electron chi connectivity index (χ3n) is 1.89. The topological polar surface area (TPSA) is 101 Å². The van der Waals surface area contributed by atoms with Gasteiger partial charge in [0, 0.05) is 12.7 Å². The third-order valence-corrected chi connectivity index (χ3v) is 2.86. The van der Waals surface area contributed by atoms with Crippen LogP contribution >= 0.6 is 0 Å². The number of hydrogen-bond donors (Lipinski definition) is 2. The van der Waals surface area contributed by atoms with Crippen molar-refractivity contribution in [3.8, 4) is 0 Å². The fourth-order valence-corrected chi connectivity index (χ4v) is 1.75. The highest BCUT2D eigenvalue weighted by Gasteiger charge is 2.20. The molecular weight excluding hydrogens is 234 g/mol. The van der Waals surface area contributed by atoms with Gasteiger partial charge in [0.1, 0.15) is 15.9 Å². The Hall–Kier alpha value is -1.11. The SMILES string of the molecule is CCCC(=O)NC(CCS(C)(=O)=O)C(=O)O. The molecule has 16 heavy (non-hydrogen) atoms. The summed E-state index contributed by atoms with van der Waals surface area (Å²) in [6.45, 7) is 1.80. The maximum Gasteiger partial charge on any atom is 0.326 e. The summed E-state index contributed by atoms with van der Waals surface area (Å²) in [5.74, 6) is -1.84. The van der Waals surface area contributed by atoms with Gasteiger partial charge in [-0.05, 0) is 12.8 Å². The van der Waals surface area contributed by atoms with E-state index in [1.54, 1.807) is 6.92 Å². The Bertz CT molecular complexity index is 349. The first kappa shape index (κ1) is 14.9. The molecule has 2 N–H and O–H groups in total. The van der Waals surface area contributed by atoms with Crippen LogP contribution in [-0.4, -0.2) is 43.5 Å². The Kier molecular flexibility index (Phi) is 6.02. The molecule has 1 unspecified atom stereocenters. The highest BCUT2D eigenvalue weighted by molar-refractivity contribution is 7.90. The van der Waals surface area contributed by atoms with Crippen molar-refractivity contribution in [1.82, 2.24) is 5.32 Å². The molecular formula is C9H17NO5S. The zero-order valence-corrected chi connectivity index (χ0v) is 10.2. The Balaban J connectivity index is 4.29. The van der Waals surface area contributed by atoms with Crippen molar-refractivity contribution in [2.75, 3.05) is 12.0 Å². The summed E-state index contributed by atoms with van der Waals surface area (Å²) in [4.78, 5) is 21.9. The van der Waals surface area contributed by atoms with Crippen molar-refractivity contribution in [3.63, 3.8) is 0 Å². The molecule has 0 saturated carbocycles. The molecule has 0 rings (SSSR count). The van der Waals surface area contributed by atoms with Gasteiger partial charge in [0.05, 0.1) is 5.75 Å². The average molecular weight is 251 g/mol.